The summed E-state index contributed by atoms with van der Waals surface area (Å²) < 4.78 is 13.4. The van der Waals surface area contributed by atoms with E-state index < -0.39 is 22.4 Å². The lowest BCUT2D eigenvalue weighted by atomic mass is 10.3. The van der Waals surface area contributed by atoms with Gasteiger partial charge in [0.1, 0.15) is 5.03 Å². The van der Waals surface area contributed by atoms with Gasteiger partial charge in [-0.15, -0.1) is 0 Å². The molecule has 0 radical (unpaired) electrons. The van der Waals surface area contributed by atoms with Crippen molar-refractivity contribution in [3.63, 3.8) is 0 Å². The molecule has 1 aromatic carbocycles. The molecule has 1 aromatic heterocycles. The molecule has 0 aliphatic heterocycles. The number of nitrogens with zero attached hydrogens (tertiary/aromatic N) is 2. The van der Waals surface area contributed by atoms with Crippen molar-refractivity contribution in [1.82, 2.24) is 4.98 Å². The number of halogens is 1. The summed E-state index contributed by atoms with van der Waals surface area (Å²) in [5.74, 6) is -2.05. The summed E-state index contributed by atoms with van der Waals surface area (Å²) in [6.07, 6.45) is 1.13. The van der Waals surface area contributed by atoms with Gasteiger partial charge in [-0.3, -0.25) is 10.1 Å². The van der Waals surface area contributed by atoms with Crippen LogP contribution in [0.3, 0.4) is 0 Å². The van der Waals surface area contributed by atoms with Gasteiger partial charge in [0.2, 0.25) is 5.82 Å². The van der Waals surface area contributed by atoms with E-state index in [2.05, 4.69) is 4.98 Å². The molecule has 0 saturated carbocycles. The van der Waals surface area contributed by atoms with E-state index in [9.17, 15) is 19.3 Å². The molecule has 0 unspecified atom stereocenters. The fourth-order valence-electron chi connectivity index (χ4n) is 1.43. The molecule has 1 N–H and O–H groups in total. The molecule has 2 aromatic rings. The van der Waals surface area contributed by atoms with E-state index in [1.54, 1.807) is 0 Å². The first-order chi connectivity index (χ1) is 9.49. The van der Waals surface area contributed by atoms with E-state index in [1.807, 2.05) is 0 Å². The van der Waals surface area contributed by atoms with Crippen molar-refractivity contribution < 1.29 is 19.2 Å². The average Bonchev–Trinajstić information content (AvgIpc) is 2.39. The molecule has 0 saturated heterocycles. The highest BCUT2D eigenvalue weighted by molar-refractivity contribution is 7.99. The van der Waals surface area contributed by atoms with Gasteiger partial charge in [0.15, 0.2) is 0 Å². The highest BCUT2D eigenvalue weighted by atomic mass is 32.2. The predicted octanol–water partition coefficient (Wildman–Crippen LogP) is 2.98. The number of hydrogen-bond acceptors (Lipinski definition) is 5. The number of aromatic nitrogens is 1. The second kappa shape index (κ2) is 5.66. The Labute approximate surface area is 116 Å². The number of benzene rings is 1. The minimum absolute atomic E-state index is 0.00286. The van der Waals surface area contributed by atoms with Crippen LogP contribution < -0.4 is 0 Å². The first kappa shape index (κ1) is 13.9. The smallest absolute Gasteiger partial charge is 0.337 e. The van der Waals surface area contributed by atoms with Crippen molar-refractivity contribution in [3.05, 3.63) is 58.0 Å². The molecule has 0 fully saturated rings. The normalized spacial score (nSPS) is 10.2. The van der Waals surface area contributed by atoms with Gasteiger partial charge >= 0.3 is 11.7 Å². The number of para-hydroxylation sites is 1. The summed E-state index contributed by atoms with van der Waals surface area (Å²) >= 11 is 0.891. The van der Waals surface area contributed by atoms with Gasteiger partial charge in [0.25, 0.3) is 0 Å². The lowest BCUT2D eigenvalue weighted by Crippen LogP contribution is -1.97. The van der Waals surface area contributed by atoms with Crippen LogP contribution >= 0.6 is 11.8 Å². The maximum Gasteiger partial charge on any atom is 0.337 e. The first-order valence-electron chi connectivity index (χ1n) is 5.29. The molecular formula is C12H7FN2O4S. The van der Waals surface area contributed by atoms with Gasteiger partial charge < -0.3 is 5.11 Å². The van der Waals surface area contributed by atoms with Gasteiger partial charge in [0, 0.05) is 6.20 Å². The van der Waals surface area contributed by atoms with E-state index in [0.29, 0.717) is 5.03 Å². The predicted molar refractivity (Wildman–Crippen MR) is 68.4 cm³/mol. The van der Waals surface area contributed by atoms with Gasteiger partial charge in [-0.1, -0.05) is 17.8 Å². The molecule has 0 atom stereocenters. The van der Waals surface area contributed by atoms with Gasteiger partial charge in [-0.2, -0.15) is 4.39 Å². The molecule has 20 heavy (non-hydrogen) atoms. The minimum Gasteiger partial charge on any atom is -0.478 e. The number of nitro benzene ring substituents is 1. The van der Waals surface area contributed by atoms with Crippen LogP contribution in [0.5, 0.6) is 0 Å². The fourth-order valence-corrected chi connectivity index (χ4v) is 2.32. The Bertz CT molecular complexity index is 676. The molecule has 0 spiro atoms. The fraction of sp³-hybridized carbons (Fsp3) is 0. The number of nitro groups is 1. The molecule has 1 heterocycles. The molecule has 0 aliphatic carbocycles. The van der Waals surface area contributed by atoms with Gasteiger partial charge in [-0.25, -0.2) is 9.78 Å². The Hall–Kier alpha value is -2.48. The van der Waals surface area contributed by atoms with Crippen LogP contribution in [0.2, 0.25) is 0 Å². The number of carboxylic acids is 1. The van der Waals surface area contributed by atoms with Crippen LogP contribution in [0.4, 0.5) is 10.1 Å². The van der Waals surface area contributed by atoms with Crippen LogP contribution in [-0.2, 0) is 0 Å². The lowest BCUT2D eigenvalue weighted by molar-refractivity contribution is -0.390. The Morgan fingerprint density at radius 2 is 2.10 bits per heavy atom. The van der Waals surface area contributed by atoms with Crippen LogP contribution in [0.1, 0.15) is 10.4 Å². The van der Waals surface area contributed by atoms with Crippen LogP contribution in [0.15, 0.2) is 46.5 Å². The van der Waals surface area contributed by atoms with E-state index in [4.69, 9.17) is 5.11 Å². The summed E-state index contributed by atoms with van der Waals surface area (Å²) in [6.45, 7) is 0. The van der Waals surface area contributed by atoms with Crippen molar-refractivity contribution in [1.29, 1.82) is 0 Å². The van der Waals surface area contributed by atoms with Crippen molar-refractivity contribution in [2.75, 3.05) is 0 Å². The largest absolute Gasteiger partial charge is 0.478 e. The summed E-state index contributed by atoms with van der Waals surface area (Å²) in [5, 5.41) is 19.9. The maximum atomic E-state index is 13.4. The Kier molecular flexibility index (Phi) is 3.94. The number of hydrogen-bond donors (Lipinski definition) is 1. The third-order valence-corrected chi connectivity index (χ3v) is 3.33. The van der Waals surface area contributed by atoms with Gasteiger partial charge in [-0.05, 0) is 24.3 Å². The highest BCUT2D eigenvalue weighted by Crippen LogP contribution is 2.35. The van der Waals surface area contributed by atoms with Crippen LogP contribution in [-0.4, -0.2) is 21.0 Å². The molecule has 8 heteroatoms. The third kappa shape index (κ3) is 2.91. The number of carbonyl (C=O) groups is 1. The molecular weight excluding hydrogens is 287 g/mol. The van der Waals surface area contributed by atoms with Crippen LogP contribution in [0, 0.1) is 15.9 Å². The second-order valence-electron chi connectivity index (χ2n) is 3.64. The Balaban J connectivity index is 2.33. The molecule has 102 valence electrons. The Morgan fingerprint density at radius 1 is 1.35 bits per heavy atom. The van der Waals surface area contributed by atoms with Crippen molar-refractivity contribution >= 4 is 23.4 Å². The monoisotopic (exact) mass is 294 g/mol. The first-order valence-corrected chi connectivity index (χ1v) is 6.11. The third-order valence-electron chi connectivity index (χ3n) is 2.33. The van der Waals surface area contributed by atoms with Crippen LogP contribution in [0.25, 0.3) is 0 Å². The Morgan fingerprint density at radius 3 is 2.65 bits per heavy atom. The molecule has 6 nitrogen and oxygen atoms in total. The van der Waals surface area contributed by atoms with Crippen molar-refractivity contribution in [2.45, 2.75) is 9.92 Å². The number of carboxylic acid groups (broad SMARTS) is 1. The summed E-state index contributed by atoms with van der Waals surface area (Å²) in [4.78, 5) is 24.7. The van der Waals surface area contributed by atoms with E-state index in [0.717, 1.165) is 24.0 Å². The van der Waals surface area contributed by atoms with E-state index >= 15 is 0 Å². The zero-order valence-electron chi connectivity index (χ0n) is 9.82. The summed E-state index contributed by atoms with van der Waals surface area (Å²) in [5.41, 5.74) is -0.621. The van der Waals surface area contributed by atoms with Crippen molar-refractivity contribution in [3.8, 4) is 0 Å². The highest BCUT2D eigenvalue weighted by Gasteiger charge is 2.20. The standard InChI is InChI=1S/C12H7FN2O4S/c13-8-2-1-3-9(11(8)15(18)19)20-10-5-4-7(6-14-10)12(16)17/h1-6H,(H,16,17). The van der Waals surface area contributed by atoms with Gasteiger partial charge in [0.05, 0.1) is 15.4 Å². The van der Waals surface area contributed by atoms with E-state index in [-0.39, 0.29) is 10.5 Å². The number of rotatable bonds is 4. The quantitative estimate of drug-likeness (QED) is 0.688. The minimum atomic E-state index is -1.12. The average molecular weight is 294 g/mol. The lowest BCUT2D eigenvalue weighted by Gasteiger charge is -2.03. The molecule has 0 bridgehead atoms. The summed E-state index contributed by atoms with van der Waals surface area (Å²) in [7, 11) is 0. The zero-order valence-corrected chi connectivity index (χ0v) is 10.6. The zero-order chi connectivity index (χ0) is 14.7. The number of pyridine rings is 1. The topological polar surface area (TPSA) is 93.3 Å². The molecule has 2 rings (SSSR count). The molecule has 0 aliphatic rings. The summed E-state index contributed by atoms with van der Waals surface area (Å²) in [6, 6.07) is 6.49. The maximum absolute atomic E-state index is 13.4. The van der Waals surface area contributed by atoms with Crippen molar-refractivity contribution in [2.24, 2.45) is 0 Å². The van der Waals surface area contributed by atoms with E-state index in [1.165, 1.54) is 24.3 Å². The second-order valence-corrected chi connectivity index (χ2v) is 4.70. The number of aromatic carboxylic acids is 1. The SMILES string of the molecule is O=C(O)c1ccc(Sc2cccc(F)c2[N+](=O)[O-])nc1. The molecule has 0 amide bonds.